The molecule has 98 valence electrons. The maximum atomic E-state index is 4.56. The third kappa shape index (κ3) is 1.89. The maximum absolute atomic E-state index is 4.56. The second kappa shape index (κ2) is 3.94. The molecule has 1 aliphatic carbocycles. The van der Waals surface area contributed by atoms with E-state index in [0.717, 1.165) is 23.5 Å². The number of benzene rings is 1. The van der Waals surface area contributed by atoms with Crippen LogP contribution in [0.2, 0.25) is 0 Å². The molecule has 3 nitrogen and oxygen atoms in total. The Morgan fingerprint density at radius 3 is 2.79 bits per heavy atom. The summed E-state index contributed by atoms with van der Waals surface area (Å²) >= 11 is 0. The number of rotatable bonds is 2. The van der Waals surface area contributed by atoms with Crippen molar-refractivity contribution in [1.29, 1.82) is 0 Å². The van der Waals surface area contributed by atoms with E-state index in [-0.39, 0.29) is 0 Å². The molecular weight excluding hydrogens is 234 g/mol. The number of nitrogens with one attached hydrogen (secondary N) is 2. The van der Waals surface area contributed by atoms with Gasteiger partial charge in [-0.05, 0) is 55.4 Å². The average molecular weight is 253 g/mol. The van der Waals surface area contributed by atoms with Crippen LogP contribution in [0.4, 0.5) is 0 Å². The van der Waals surface area contributed by atoms with Crippen molar-refractivity contribution >= 4 is 0 Å². The normalized spacial score (nSPS) is 28.4. The Kier molecular flexibility index (Phi) is 2.33. The van der Waals surface area contributed by atoms with Gasteiger partial charge in [0.1, 0.15) is 5.82 Å². The zero-order chi connectivity index (χ0) is 13.0. The molecule has 1 saturated heterocycles. The third-order valence-electron chi connectivity index (χ3n) is 4.62. The highest BCUT2D eigenvalue weighted by molar-refractivity contribution is 5.60. The van der Waals surface area contributed by atoms with Crippen LogP contribution in [0.25, 0.3) is 11.3 Å². The predicted octanol–water partition coefficient (Wildman–Crippen LogP) is 3.12. The van der Waals surface area contributed by atoms with Crippen molar-refractivity contribution in [3.63, 3.8) is 0 Å². The molecule has 0 amide bonds. The first-order valence-corrected chi connectivity index (χ1v) is 7.09. The molecule has 2 aliphatic rings. The SMILES string of the molecule is Cc1ccc(-c2cnc(C3CC4CC4N3)[nH]2)cc1C. The van der Waals surface area contributed by atoms with Crippen LogP contribution in [0.15, 0.2) is 24.4 Å². The van der Waals surface area contributed by atoms with Crippen LogP contribution in [0.5, 0.6) is 0 Å². The lowest BCUT2D eigenvalue weighted by Crippen LogP contribution is -2.18. The number of aromatic amines is 1. The lowest BCUT2D eigenvalue weighted by Gasteiger charge is -2.09. The van der Waals surface area contributed by atoms with E-state index in [2.05, 4.69) is 47.3 Å². The average Bonchev–Trinajstić information content (AvgIpc) is 2.85. The van der Waals surface area contributed by atoms with Gasteiger partial charge in [-0.25, -0.2) is 4.98 Å². The van der Waals surface area contributed by atoms with Crippen molar-refractivity contribution in [1.82, 2.24) is 15.3 Å². The first kappa shape index (κ1) is 11.2. The number of nitrogens with zero attached hydrogens (tertiary/aromatic N) is 1. The van der Waals surface area contributed by atoms with Gasteiger partial charge in [0.25, 0.3) is 0 Å². The van der Waals surface area contributed by atoms with Gasteiger partial charge in [-0.1, -0.05) is 12.1 Å². The number of fused-ring (bicyclic) bond motifs is 1. The van der Waals surface area contributed by atoms with Crippen LogP contribution in [-0.2, 0) is 0 Å². The number of hydrogen-bond donors (Lipinski definition) is 2. The van der Waals surface area contributed by atoms with E-state index in [1.807, 2.05) is 6.20 Å². The Morgan fingerprint density at radius 1 is 1.16 bits per heavy atom. The van der Waals surface area contributed by atoms with Crippen molar-refractivity contribution in [2.75, 3.05) is 0 Å². The molecule has 1 aliphatic heterocycles. The molecule has 1 aromatic carbocycles. The molecule has 1 aromatic heterocycles. The van der Waals surface area contributed by atoms with Gasteiger partial charge in [-0.2, -0.15) is 0 Å². The van der Waals surface area contributed by atoms with E-state index in [1.165, 1.54) is 29.5 Å². The summed E-state index contributed by atoms with van der Waals surface area (Å²) in [7, 11) is 0. The molecule has 0 radical (unpaired) electrons. The second-order valence-electron chi connectivity index (χ2n) is 6.04. The molecule has 19 heavy (non-hydrogen) atoms. The van der Waals surface area contributed by atoms with Gasteiger partial charge in [0, 0.05) is 6.04 Å². The van der Waals surface area contributed by atoms with Gasteiger partial charge >= 0.3 is 0 Å². The molecule has 1 saturated carbocycles. The van der Waals surface area contributed by atoms with Gasteiger partial charge in [-0.3, -0.25) is 0 Å². The van der Waals surface area contributed by atoms with E-state index >= 15 is 0 Å². The van der Waals surface area contributed by atoms with Crippen LogP contribution in [0.1, 0.15) is 35.8 Å². The molecule has 2 heterocycles. The summed E-state index contributed by atoms with van der Waals surface area (Å²) in [4.78, 5) is 8.05. The van der Waals surface area contributed by atoms with Gasteiger partial charge in [-0.15, -0.1) is 0 Å². The minimum absolute atomic E-state index is 0.434. The van der Waals surface area contributed by atoms with Crippen molar-refractivity contribution in [2.45, 2.75) is 38.8 Å². The fourth-order valence-corrected chi connectivity index (χ4v) is 3.10. The van der Waals surface area contributed by atoms with Crippen molar-refractivity contribution in [3.05, 3.63) is 41.3 Å². The molecule has 3 atom stereocenters. The topological polar surface area (TPSA) is 40.7 Å². The van der Waals surface area contributed by atoms with Crippen LogP contribution in [0.3, 0.4) is 0 Å². The summed E-state index contributed by atoms with van der Waals surface area (Å²) in [5.41, 5.74) is 5.01. The van der Waals surface area contributed by atoms with Gasteiger partial charge < -0.3 is 10.3 Å². The smallest absolute Gasteiger partial charge is 0.123 e. The van der Waals surface area contributed by atoms with Crippen molar-refractivity contribution < 1.29 is 0 Å². The molecule has 0 spiro atoms. The summed E-state index contributed by atoms with van der Waals surface area (Å²) in [5.74, 6) is 2.00. The van der Waals surface area contributed by atoms with Crippen LogP contribution < -0.4 is 5.32 Å². The van der Waals surface area contributed by atoms with Crippen LogP contribution in [-0.4, -0.2) is 16.0 Å². The second-order valence-corrected chi connectivity index (χ2v) is 6.04. The van der Waals surface area contributed by atoms with E-state index < -0.39 is 0 Å². The Labute approximate surface area is 113 Å². The summed E-state index contributed by atoms with van der Waals surface area (Å²) in [6.45, 7) is 4.30. The van der Waals surface area contributed by atoms with Crippen LogP contribution in [0, 0.1) is 19.8 Å². The highest BCUT2D eigenvalue weighted by atomic mass is 15.1. The lowest BCUT2D eigenvalue weighted by molar-refractivity contribution is 0.543. The predicted molar refractivity (Wildman–Crippen MR) is 75.9 cm³/mol. The Morgan fingerprint density at radius 2 is 2.05 bits per heavy atom. The number of aromatic nitrogens is 2. The van der Waals surface area contributed by atoms with Crippen molar-refractivity contribution in [2.24, 2.45) is 5.92 Å². The zero-order valence-electron chi connectivity index (χ0n) is 11.4. The monoisotopic (exact) mass is 253 g/mol. The summed E-state index contributed by atoms with van der Waals surface area (Å²) < 4.78 is 0. The summed E-state index contributed by atoms with van der Waals surface area (Å²) in [6.07, 6.45) is 4.57. The molecule has 4 rings (SSSR count). The fraction of sp³-hybridized carbons (Fsp3) is 0.438. The van der Waals surface area contributed by atoms with E-state index in [9.17, 15) is 0 Å². The van der Waals surface area contributed by atoms with E-state index in [4.69, 9.17) is 0 Å². The Bertz CT molecular complexity index is 619. The van der Waals surface area contributed by atoms with Gasteiger partial charge in [0.05, 0.1) is 17.9 Å². The quantitative estimate of drug-likeness (QED) is 0.863. The number of piperidine rings is 1. The number of H-pyrrole nitrogens is 1. The Hall–Kier alpha value is -1.61. The molecule has 2 aromatic rings. The summed E-state index contributed by atoms with van der Waals surface area (Å²) in [5, 5.41) is 3.64. The minimum Gasteiger partial charge on any atom is -0.341 e. The first-order chi connectivity index (χ1) is 9.20. The molecule has 0 bridgehead atoms. The largest absolute Gasteiger partial charge is 0.341 e. The van der Waals surface area contributed by atoms with Crippen molar-refractivity contribution in [3.8, 4) is 11.3 Å². The number of hydrogen-bond acceptors (Lipinski definition) is 2. The maximum Gasteiger partial charge on any atom is 0.123 e. The molecule has 2 N–H and O–H groups in total. The third-order valence-corrected chi connectivity index (χ3v) is 4.62. The highest BCUT2D eigenvalue weighted by Crippen LogP contribution is 2.45. The first-order valence-electron chi connectivity index (χ1n) is 7.09. The minimum atomic E-state index is 0.434. The lowest BCUT2D eigenvalue weighted by atomic mass is 10.0. The van der Waals surface area contributed by atoms with E-state index in [1.54, 1.807) is 0 Å². The van der Waals surface area contributed by atoms with Gasteiger partial charge in [0.2, 0.25) is 0 Å². The Balaban J connectivity index is 1.61. The fourth-order valence-electron chi connectivity index (χ4n) is 3.10. The summed E-state index contributed by atoms with van der Waals surface area (Å²) in [6, 6.07) is 7.77. The molecular formula is C16H19N3. The standard InChI is InChI=1S/C16H19N3/c1-9-3-4-11(5-10(9)2)15-8-17-16(19-15)14-7-12-6-13(12)18-14/h3-5,8,12-14,18H,6-7H2,1-2H3,(H,17,19). The van der Waals surface area contributed by atoms with Crippen LogP contribution >= 0.6 is 0 Å². The number of imidazole rings is 1. The highest BCUT2D eigenvalue weighted by Gasteiger charge is 2.46. The van der Waals surface area contributed by atoms with Gasteiger partial charge in [0.15, 0.2) is 0 Å². The van der Waals surface area contributed by atoms with E-state index in [0.29, 0.717) is 6.04 Å². The molecule has 3 heteroatoms. The molecule has 2 fully saturated rings. The number of aryl methyl sites for hydroxylation is 2. The zero-order valence-corrected chi connectivity index (χ0v) is 11.4. The molecule has 3 unspecified atom stereocenters.